The molecule has 0 aromatic carbocycles. The fourth-order valence-corrected chi connectivity index (χ4v) is 1.38. The molecule has 0 atom stereocenters. The van der Waals surface area contributed by atoms with Gasteiger partial charge in [0.2, 0.25) is 0 Å². The smallest absolute Gasteiger partial charge is 0.290 e. The molecule has 4 nitrogen and oxygen atoms in total. The van der Waals surface area contributed by atoms with Gasteiger partial charge in [0.1, 0.15) is 0 Å². The molecular formula is C7H6BrN3O. The quantitative estimate of drug-likeness (QED) is 0.714. The molecule has 0 unspecified atom stereocenters. The number of halogens is 1. The van der Waals surface area contributed by atoms with Crippen LogP contribution in [0.5, 0.6) is 0 Å². The van der Waals surface area contributed by atoms with E-state index in [1.165, 1.54) is 0 Å². The number of rotatable bonds is 0. The SMILES string of the molecule is Cc1c(Br)cnc2c(=O)[nH][nH]c12. The third-order valence-electron chi connectivity index (χ3n) is 1.79. The van der Waals surface area contributed by atoms with Gasteiger partial charge in [-0.05, 0) is 28.4 Å². The number of aryl methyl sites for hydroxylation is 1. The zero-order valence-electron chi connectivity index (χ0n) is 6.31. The normalized spacial score (nSPS) is 10.8. The van der Waals surface area contributed by atoms with Gasteiger partial charge in [-0.3, -0.25) is 15.0 Å². The van der Waals surface area contributed by atoms with Gasteiger partial charge >= 0.3 is 0 Å². The number of aromatic nitrogens is 3. The van der Waals surface area contributed by atoms with Crippen molar-refractivity contribution in [1.82, 2.24) is 15.2 Å². The zero-order valence-corrected chi connectivity index (χ0v) is 7.90. The van der Waals surface area contributed by atoms with Gasteiger partial charge in [-0.2, -0.15) is 0 Å². The van der Waals surface area contributed by atoms with E-state index in [4.69, 9.17) is 0 Å². The highest BCUT2D eigenvalue weighted by Crippen LogP contribution is 2.19. The molecule has 0 saturated heterocycles. The number of nitrogens with zero attached hydrogens (tertiary/aromatic N) is 1. The number of aromatic amines is 2. The summed E-state index contributed by atoms with van der Waals surface area (Å²) in [5.74, 6) is 0. The lowest BCUT2D eigenvalue weighted by molar-refractivity contribution is 1.07. The first kappa shape index (κ1) is 7.54. The first-order valence-electron chi connectivity index (χ1n) is 3.41. The number of H-pyrrole nitrogens is 2. The Labute approximate surface area is 76.1 Å². The second kappa shape index (κ2) is 2.45. The maximum Gasteiger partial charge on any atom is 0.290 e. The van der Waals surface area contributed by atoms with Crippen LogP contribution in [0, 0.1) is 6.92 Å². The molecule has 0 spiro atoms. The van der Waals surface area contributed by atoms with Gasteiger partial charge in [0.15, 0.2) is 5.52 Å². The van der Waals surface area contributed by atoms with Crippen molar-refractivity contribution in [2.45, 2.75) is 6.92 Å². The number of hydrogen-bond acceptors (Lipinski definition) is 2. The molecule has 0 aliphatic carbocycles. The third-order valence-corrected chi connectivity index (χ3v) is 2.59. The van der Waals surface area contributed by atoms with Crippen molar-refractivity contribution in [3.63, 3.8) is 0 Å². The number of nitrogens with one attached hydrogen (secondary N) is 2. The van der Waals surface area contributed by atoms with E-state index in [0.717, 1.165) is 15.6 Å². The predicted molar refractivity (Wildman–Crippen MR) is 49.2 cm³/mol. The van der Waals surface area contributed by atoms with E-state index in [0.29, 0.717) is 5.52 Å². The molecule has 2 rings (SSSR count). The van der Waals surface area contributed by atoms with Crippen molar-refractivity contribution in [3.8, 4) is 0 Å². The Morgan fingerprint density at radius 1 is 1.50 bits per heavy atom. The van der Waals surface area contributed by atoms with Crippen LogP contribution in [0.3, 0.4) is 0 Å². The van der Waals surface area contributed by atoms with E-state index in [9.17, 15) is 4.79 Å². The van der Waals surface area contributed by atoms with Crippen LogP contribution in [0.2, 0.25) is 0 Å². The second-order valence-corrected chi connectivity index (χ2v) is 3.39. The molecule has 0 amide bonds. The maximum atomic E-state index is 11.1. The lowest BCUT2D eigenvalue weighted by Crippen LogP contribution is -1.99. The highest BCUT2D eigenvalue weighted by molar-refractivity contribution is 9.10. The topological polar surface area (TPSA) is 61.5 Å². The molecule has 0 fully saturated rings. The minimum absolute atomic E-state index is 0.180. The fraction of sp³-hybridized carbons (Fsp3) is 0.143. The van der Waals surface area contributed by atoms with Crippen LogP contribution in [0.15, 0.2) is 15.5 Å². The summed E-state index contributed by atoms with van der Waals surface area (Å²) in [5, 5.41) is 5.25. The minimum atomic E-state index is -0.180. The van der Waals surface area contributed by atoms with Crippen LogP contribution in [-0.2, 0) is 0 Å². The molecule has 2 aromatic heterocycles. The molecule has 0 aliphatic heterocycles. The van der Waals surface area contributed by atoms with Crippen LogP contribution < -0.4 is 5.56 Å². The summed E-state index contributed by atoms with van der Waals surface area (Å²) < 4.78 is 0.894. The van der Waals surface area contributed by atoms with E-state index in [2.05, 4.69) is 31.1 Å². The molecule has 2 aromatic rings. The first-order chi connectivity index (χ1) is 5.70. The molecule has 0 bridgehead atoms. The van der Waals surface area contributed by atoms with E-state index in [-0.39, 0.29) is 5.56 Å². The molecule has 0 saturated carbocycles. The van der Waals surface area contributed by atoms with Crippen molar-refractivity contribution in [2.24, 2.45) is 0 Å². The summed E-state index contributed by atoms with van der Waals surface area (Å²) in [6.07, 6.45) is 1.63. The van der Waals surface area contributed by atoms with Crippen molar-refractivity contribution in [3.05, 3.63) is 26.6 Å². The van der Waals surface area contributed by atoms with E-state index < -0.39 is 0 Å². The molecule has 62 valence electrons. The van der Waals surface area contributed by atoms with Crippen LogP contribution in [0.1, 0.15) is 5.56 Å². The molecule has 2 heterocycles. The second-order valence-electron chi connectivity index (χ2n) is 2.53. The van der Waals surface area contributed by atoms with Crippen LogP contribution >= 0.6 is 15.9 Å². The van der Waals surface area contributed by atoms with Gasteiger partial charge in [-0.15, -0.1) is 0 Å². The zero-order chi connectivity index (χ0) is 8.72. The Morgan fingerprint density at radius 3 is 3.00 bits per heavy atom. The van der Waals surface area contributed by atoms with Gasteiger partial charge in [-0.1, -0.05) is 0 Å². The van der Waals surface area contributed by atoms with Gasteiger partial charge in [0.25, 0.3) is 5.56 Å². The standard InChI is InChI=1S/C7H6BrN3O/c1-3-4(8)2-9-6-5(3)10-11-7(6)12/h2H,1H3,(H2,10,11,12). The van der Waals surface area contributed by atoms with Gasteiger partial charge < -0.3 is 0 Å². The maximum absolute atomic E-state index is 11.1. The lowest BCUT2D eigenvalue weighted by atomic mass is 10.2. The molecule has 12 heavy (non-hydrogen) atoms. The largest absolute Gasteiger partial charge is 0.296 e. The number of hydrogen-bond donors (Lipinski definition) is 2. The van der Waals surface area contributed by atoms with Crippen molar-refractivity contribution >= 4 is 27.0 Å². The fourth-order valence-electron chi connectivity index (χ4n) is 1.08. The molecule has 0 radical (unpaired) electrons. The third kappa shape index (κ3) is 0.896. The predicted octanol–water partition coefficient (Wildman–Crippen LogP) is 1.32. The molecule has 0 aliphatic rings. The van der Waals surface area contributed by atoms with Gasteiger partial charge in [0, 0.05) is 10.7 Å². The number of pyridine rings is 1. The van der Waals surface area contributed by atoms with Gasteiger partial charge in [0.05, 0.1) is 5.52 Å². The molecule has 2 N–H and O–H groups in total. The van der Waals surface area contributed by atoms with Crippen LogP contribution in [0.4, 0.5) is 0 Å². The summed E-state index contributed by atoms with van der Waals surface area (Å²) >= 11 is 3.33. The summed E-state index contributed by atoms with van der Waals surface area (Å²) in [5.41, 5.74) is 2.02. The minimum Gasteiger partial charge on any atom is -0.296 e. The number of fused-ring (bicyclic) bond motifs is 1. The van der Waals surface area contributed by atoms with E-state index in [1.54, 1.807) is 6.20 Å². The van der Waals surface area contributed by atoms with Crippen molar-refractivity contribution in [1.29, 1.82) is 0 Å². The van der Waals surface area contributed by atoms with Crippen LogP contribution in [0.25, 0.3) is 11.0 Å². The summed E-state index contributed by atoms with van der Waals surface area (Å²) in [6.45, 7) is 1.91. The van der Waals surface area contributed by atoms with Gasteiger partial charge in [-0.25, -0.2) is 4.98 Å². The average molecular weight is 228 g/mol. The Hall–Kier alpha value is -1.10. The lowest BCUT2D eigenvalue weighted by Gasteiger charge is -1.95. The summed E-state index contributed by atoms with van der Waals surface area (Å²) in [6, 6.07) is 0. The van der Waals surface area contributed by atoms with E-state index >= 15 is 0 Å². The average Bonchev–Trinajstić information content (AvgIpc) is 2.41. The Bertz CT molecular complexity index is 485. The molecular weight excluding hydrogens is 222 g/mol. The Kier molecular flexibility index (Phi) is 1.54. The van der Waals surface area contributed by atoms with Crippen molar-refractivity contribution in [2.75, 3.05) is 0 Å². The molecule has 5 heteroatoms. The van der Waals surface area contributed by atoms with Crippen LogP contribution in [-0.4, -0.2) is 15.2 Å². The Morgan fingerprint density at radius 2 is 2.25 bits per heavy atom. The monoisotopic (exact) mass is 227 g/mol. The van der Waals surface area contributed by atoms with Crippen molar-refractivity contribution < 1.29 is 0 Å². The Balaban J connectivity index is 3.02. The summed E-state index contributed by atoms with van der Waals surface area (Å²) in [7, 11) is 0. The van der Waals surface area contributed by atoms with E-state index in [1.807, 2.05) is 6.92 Å². The highest BCUT2D eigenvalue weighted by Gasteiger charge is 2.06. The first-order valence-corrected chi connectivity index (χ1v) is 4.21. The summed E-state index contributed by atoms with van der Waals surface area (Å²) in [4.78, 5) is 15.1. The highest BCUT2D eigenvalue weighted by atomic mass is 79.9.